The summed E-state index contributed by atoms with van der Waals surface area (Å²) in [5, 5.41) is 0. The normalized spacial score (nSPS) is 22.8. The first-order valence-electron chi connectivity index (χ1n) is 9.63. The Balaban J connectivity index is 0.00000480. The summed E-state index contributed by atoms with van der Waals surface area (Å²) in [4.78, 5) is 36.4. The fourth-order valence-corrected chi connectivity index (χ4v) is 3.39. The van der Waals surface area contributed by atoms with Crippen LogP contribution in [0.1, 0.15) is 26.2 Å². The zero-order valence-electron chi connectivity index (χ0n) is 18.0. The Hall–Kier alpha value is -2.27. The molecule has 1 heterocycles. The average Bonchev–Trinajstić information content (AvgIpc) is 3.14. The minimum atomic E-state index is -1.02. The van der Waals surface area contributed by atoms with Crippen molar-refractivity contribution in [1.82, 2.24) is 0 Å². The molecule has 0 aromatic rings. The van der Waals surface area contributed by atoms with Gasteiger partial charge >= 0.3 is 17.9 Å². The Morgan fingerprint density at radius 3 is 2.47 bits per heavy atom. The zero-order chi connectivity index (χ0) is 22.4. The molecule has 12 heteroatoms. The summed E-state index contributed by atoms with van der Waals surface area (Å²) in [5.41, 5.74) is 18.2. The summed E-state index contributed by atoms with van der Waals surface area (Å²) < 4.78 is 21.1. The highest BCUT2D eigenvalue weighted by Crippen LogP contribution is 2.44. The molecule has 32 heavy (non-hydrogen) atoms. The molecule has 6 N–H and O–H groups in total. The molecule has 0 unspecified atom stereocenters. The lowest BCUT2D eigenvalue weighted by molar-refractivity contribution is -0.184. The van der Waals surface area contributed by atoms with E-state index in [0.29, 0.717) is 24.0 Å². The Bertz CT molecular complexity index is 772. The van der Waals surface area contributed by atoms with E-state index in [4.69, 9.17) is 36.1 Å². The van der Waals surface area contributed by atoms with Gasteiger partial charge in [-0.15, -0.1) is 12.4 Å². The summed E-state index contributed by atoms with van der Waals surface area (Å²) in [6, 6.07) is -1.74. The van der Waals surface area contributed by atoms with E-state index in [1.807, 2.05) is 6.08 Å². The number of halogens is 2. The van der Waals surface area contributed by atoms with Crippen molar-refractivity contribution in [3.63, 3.8) is 0 Å². The second kappa shape index (κ2) is 13.3. The van der Waals surface area contributed by atoms with Crippen LogP contribution in [0.2, 0.25) is 0 Å². The highest BCUT2D eigenvalue weighted by molar-refractivity contribution is 5.89. The lowest BCUT2D eigenvalue weighted by Gasteiger charge is -2.34. The first-order chi connectivity index (χ1) is 14.2. The van der Waals surface area contributed by atoms with Crippen molar-refractivity contribution in [3.05, 3.63) is 35.8 Å². The number of rotatable bonds is 9. The second-order valence-electron chi connectivity index (χ2n) is 7.24. The molecule has 0 radical (unpaired) electrons. The highest BCUT2D eigenvalue weighted by Gasteiger charge is 2.46. The summed E-state index contributed by atoms with van der Waals surface area (Å²) in [6.07, 6.45) is 3.00. The van der Waals surface area contributed by atoms with Gasteiger partial charge in [0, 0.05) is 18.0 Å². The monoisotopic (exact) mass is 494 g/mol. The van der Waals surface area contributed by atoms with Crippen LogP contribution < -0.4 is 29.6 Å². The molecule has 2 aliphatic rings. The maximum absolute atomic E-state index is 12.2. The van der Waals surface area contributed by atoms with E-state index in [2.05, 4.69) is 6.58 Å². The number of ether oxygens (including phenoxy) is 4. The third-order valence-corrected chi connectivity index (χ3v) is 5.08. The molecule has 0 spiro atoms. The summed E-state index contributed by atoms with van der Waals surface area (Å²) >= 11 is 0. The first kappa shape index (κ1) is 29.7. The molecule has 10 nitrogen and oxygen atoms in total. The van der Waals surface area contributed by atoms with Gasteiger partial charge in [0.1, 0.15) is 18.7 Å². The number of nitrogens with two attached hydrogens (primary N) is 3. The van der Waals surface area contributed by atoms with E-state index in [0.717, 1.165) is 0 Å². The van der Waals surface area contributed by atoms with Gasteiger partial charge in [0.05, 0.1) is 24.9 Å². The Morgan fingerprint density at radius 2 is 1.91 bits per heavy atom. The van der Waals surface area contributed by atoms with Gasteiger partial charge in [-0.2, -0.15) is 0 Å². The average molecular weight is 495 g/mol. The minimum Gasteiger partial charge on any atom is -1.00 e. The molecule has 0 saturated heterocycles. The van der Waals surface area contributed by atoms with Crippen molar-refractivity contribution in [2.75, 3.05) is 13.7 Å². The lowest BCUT2D eigenvalue weighted by atomic mass is 9.83. The molecular weight excluding hydrogens is 465 g/mol. The predicted molar refractivity (Wildman–Crippen MR) is 113 cm³/mol. The standard InChI is InChI=1S/C20H29N3O7.2ClH/c1-4-14(22)19(26)30-20-16-11(8-28-18(25)15(23)7-10(2)21)5-6-12(16)13(9-29-20)17(24)27-3;;/h5,9,12,14-16,20H,2,4,6-8,21-23H2,1,3H3;2*1H/p-1/t12-,14+,15+,16-,20+;;/m1../s1. The topological polar surface area (TPSA) is 166 Å². The van der Waals surface area contributed by atoms with Crippen LogP contribution >= 0.6 is 12.4 Å². The molecule has 2 rings (SSSR count). The zero-order valence-corrected chi connectivity index (χ0v) is 19.5. The molecule has 5 atom stereocenters. The molecule has 0 aromatic heterocycles. The third-order valence-electron chi connectivity index (χ3n) is 5.08. The van der Waals surface area contributed by atoms with Gasteiger partial charge in [0.25, 0.3) is 6.29 Å². The van der Waals surface area contributed by atoms with Gasteiger partial charge in [0.15, 0.2) is 0 Å². The predicted octanol–water partition coefficient (Wildman–Crippen LogP) is -2.60. The smallest absolute Gasteiger partial charge is 0.337 e. The van der Waals surface area contributed by atoms with Crippen molar-refractivity contribution in [2.24, 2.45) is 29.0 Å². The Morgan fingerprint density at radius 1 is 1.25 bits per heavy atom. The maximum atomic E-state index is 12.2. The van der Waals surface area contributed by atoms with Crippen molar-refractivity contribution < 1.29 is 45.7 Å². The molecule has 0 amide bonds. The Labute approximate surface area is 199 Å². The fourth-order valence-electron chi connectivity index (χ4n) is 3.39. The molecule has 0 aromatic carbocycles. The van der Waals surface area contributed by atoms with E-state index < -0.39 is 42.2 Å². The summed E-state index contributed by atoms with van der Waals surface area (Å²) in [5.74, 6) is -2.70. The van der Waals surface area contributed by atoms with E-state index >= 15 is 0 Å². The van der Waals surface area contributed by atoms with Gasteiger partial charge in [-0.25, -0.2) is 4.79 Å². The summed E-state index contributed by atoms with van der Waals surface area (Å²) in [6.45, 7) is 5.17. The van der Waals surface area contributed by atoms with Crippen LogP contribution in [0.15, 0.2) is 35.8 Å². The molecule has 1 aliphatic heterocycles. The number of hydrogen-bond donors (Lipinski definition) is 3. The van der Waals surface area contributed by atoms with Crippen LogP contribution in [0.3, 0.4) is 0 Å². The maximum Gasteiger partial charge on any atom is 0.337 e. The van der Waals surface area contributed by atoms with Crippen LogP contribution in [0, 0.1) is 11.8 Å². The number of esters is 3. The van der Waals surface area contributed by atoms with Gasteiger partial charge in [0.2, 0.25) is 0 Å². The van der Waals surface area contributed by atoms with E-state index in [-0.39, 0.29) is 49.5 Å². The van der Waals surface area contributed by atoms with Gasteiger partial charge < -0.3 is 48.6 Å². The first-order valence-corrected chi connectivity index (χ1v) is 9.63. The van der Waals surface area contributed by atoms with E-state index in [1.165, 1.54) is 13.4 Å². The quantitative estimate of drug-likeness (QED) is 0.175. The molecule has 0 fully saturated rings. The number of methoxy groups -OCH3 is 1. The van der Waals surface area contributed by atoms with Crippen LogP contribution in [0.5, 0.6) is 0 Å². The van der Waals surface area contributed by atoms with Gasteiger partial charge in [-0.3, -0.25) is 9.59 Å². The van der Waals surface area contributed by atoms with Crippen molar-refractivity contribution >= 4 is 30.3 Å². The largest absolute Gasteiger partial charge is 1.00 e. The van der Waals surface area contributed by atoms with Crippen molar-refractivity contribution in [2.45, 2.75) is 44.6 Å². The van der Waals surface area contributed by atoms with Crippen LogP contribution in [0.4, 0.5) is 0 Å². The van der Waals surface area contributed by atoms with Gasteiger partial charge in [-0.05, 0) is 18.4 Å². The van der Waals surface area contributed by atoms with Crippen LogP contribution in [-0.2, 0) is 33.3 Å². The van der Waals surface area contributed by atoms with E-state index in [1.54, 1.807) is 6.92 Å². The second-order valence-corrected chi connectivity index (χ2v) is 7.24. The van der Waals surface area contributed by atoms with E-state index in [9.17, 15) is 14.4 Å². The number of hydrogen-bond acceptors (Lipinski definition) is 10. The fraction of sp³-hybridized carbons (Fsp3) is 0.550. The molecule has 1 aliphatic carbocycles. The van der Waals surface area contributed by atoms with Crippen LogP contribution in [-0.4, -0.2) is 50.0 Å². The Kier molecular flexibility index (Phi) is 12.4. The van der Waals surface area contributed by atoms with Crippen molar-refractivity contribution in [3.8, 4) is 0 Å². The number of carbonyl (C=O) groups is 3. The van der Waals surface area contributed by atoms with Gasteiger partial charge in [-0.1, -0.05) is 19.6 Å². The number of carbonyl (C=O) groups excluding carboxylic acids is 3. The SMILES string of the molecule is C=C(N)C[C@H](N)C(=O)OCC1=CC[C@@H]2C(C(=O)OC)=CO[C@@H](OC(=O)[C@@H](N)CC)[C@H]12.Cl.[Cl-]. The lowest BCUT2D eigenvalue weighted by Crippen LogP contribution is -3.00. The minimum absolute atomic E-state index is 0. The highest BCUT2D eigenvalue weighted by atomic mass is 35.5. The third kappa shape index (κ3) is 7.13. The molecule has 0 bridgehead atoms. The molecule has 0 saturated carbocycles. The molecular formula is C20H30Cl2N3O7-. The van der Waals surface area contributed by atoms with Crippen LogP contribution in [0.25, 0.3) is 0 Å². The summed E-state index contributed by atoms with van der Waals surface area (Å²) in [7, 11) is 1.27. The number of fused-ring (bicyclic) bond motifs is 1. The number of allylic oxidation sites excluding steroid dienone is 1. The molecule has 182 valence electrons. The van der Waals surface area contributed by atoms with Crippen molar-refractivity contribution in [1.29, 1.82) is 0 Å².